The number of nitrogens with one attached hydrogen (secondary N) is 2. The third-order valence-electron chi connectivity index (χ3n) is 8.78. The van der Waals surface area contributed by atoms with Gasteiger partial charge in [-0.25, -0.2) is 10.5 Å². The molecule has 0 spiro atoms. The van der Waals surface area contributed by atoms with Gasteiger partial charge in [-0.05, 0) is 91.3 Å². The highest BCUT2D eigenvalue weighted by atomic mass is 32.2. The average Bonchev–Trinajstić information content (AvgIpc) is 3.25. The number of aryl methyl sites for hydroxylation is 1. The summed E-state index contributed by atoms with van der Waals surface area (Å²) in [5, 5.41) is 47.1. The molecule has 0 aliphatic heterocycles. The molecule has 0 saturated carbocycles. The van der Waals surface area contributed by atoms with Gasteiger partial charge in [0, 0.05) is 37.0 Å². The second kappa shape index (κ2) is 19.7. The molecule has 1 heterocycles. The Hall–Kier alpha value is -6.23. The standard InChI is InChI=1S/C36H26FN9O15S5/c1-18-12-19(38-35-40-34(37)41-36(42-35)39-30-4-2-3-5-31(30)64(49,50)51)6-9-27(18)44-46-28-10-11-29(24-15-21(62-60-58-47)7-8-23(24)28)45-43-20-13-25-26(32(14-20)65(52,53)54)16-22(63-61-59-48)17-33(25)66(55,56)57/h2-17,47-48H,1H3,(H,49,50,51)(H,52,53,54)(H,55,56,57)(H2,38,39,40,41,42). The van der Waals surface area contributed by atoms with E-state index in [4.69, 9.17) is 10.5 Å². The fourth-order valence-corrected chi connectivity index (χ4v) is 9.09. The average molecular weight is 1000 g/mol. The number of azo groups is 2. The molecule has 0 saturated heterocycles. The van der Waals surface area contributed by atoms with Crippen molar-refractivity contribution in [2.45, 2.75) is 31.4 Å². The molecule has 7 aromatic rings. The van der Waals surface area contributed by atoms with Gasteiger partial charge in [-0.1, -0.05) is 28.3 Å². The fourth-order valence-electron chi connectivity index (χ4n) is 6.09. The topological polar surface area (TPSA) is 353 Å². The first-order chi connectivity index (χ1) is 31.3. The Labute approximate surface area is 379 Å². The predicted octanol–water partition coefficient (Wildman–Crippen LogP) is 9.54. The highest BCUT2D eigenvalue weighted by molar-refractivity contribution is 7.94. The zero-order chi connectivity index (χ0) is 47.4. The zero-order valence-corrected chi connectivity index (χ0v) is 36.7. The molecule has 7 rings (SSSR count). The quantitative estimate of drug-likeness (QED) is 0.0147. The lowest BCUT2D eigenvalue weighted by molar-refractivity contribution is -0.432. The Morgan fingerprint density at radius 2 is 1.12 bits per heavy atom. The van der Waals surface area contributed by atoms with Crippen molar-refractivity contribution in [1.29, 1.82) is 0 Å². The van der Waals surface area contributed by atoms with E-state index < -0.39 is 51.1 Å². The van der Waals surface area contributed by atoms with Crippen LogP contribution in [0.5, 0.6) is 0 Å². The minimum atomic E-state index is -5.09. The Morgan fingerprint density at radius 3 is 1.79 bits per heavy atom. The van der Waals surface area contributed by atoms with Gasteiger partial charge in [0.15, 0.2) is 0 Å². The number of benzene rings is 6. The minimum Gasteiger partial charge on any atom is -0.324 e. The molecule has 0 unspecified atom stereocenters. The predicted molar refractivity (Wildman–Crippen MR) is 231 cm³/mol. The third kappa shape index (κ3) is 11.4. The molecule has 342 valence electrons. The molecule has 0 aliphatic rings. The molecule has 0 amide bonds. The molecule has 0 aliphatic carbocycles. The van der Waals surface area contributed by atoms with Crippen LogP contribution >= 0.6 is 24.1 Å². The van der Waals surface area contributed by atoms with Crippen LogP contribution in [0.15, 0.2) is 142 Å². The van der Waals surface area contributed by atoms with E-state index in [1.54, 1.807) is 43.3 Å². The van der Waals surface area contributed by atoms with Crippen molar-refractivity contribution < 1.29 is 72.6 Å². The van der Waals surface area contributed by atoms with E-state index in [2.05, 4.69) is 64.8 Å². The van der Waals surface area contributed by atoms with E-state index in [1.807, 2.05) is 0 Å². The summed E-state index contributed by atoms with van der Waals surface area (Å²) in [5.41, 5.74) is 1.38. The van der Waals surface area contributed by atoms with Crippen LogP contribution in [0, 0.1) is 13.0 Å². The number of hydrogen-bond acceptors (Lipinski definition) is 23. The molecular weight excluding hydrogens is 978 g/mol. The smallest absolute Gasteiger partial charge is 0.315 e. The monoisotopic (exact) mass is 1000 g/mol. The van der Waals surface area contributed by atoms with Crippen LogP contribution in [0.2, 0.25) is 0 Å². The molecule has 0 radical (unpaired) electrons. The summed E-state index contributed by atoms with van der Waals surface area (Å²) in [6, 6.07) is 21.8. The molecule has 24 nitrogen and oxygen atoms in total. The lowest BCUT2D eigenvalue weighted by Crippen LogP contribution is -2.08. The first-order valence-electron chi connectivity index (χ1n) is 17.7. The second-order valence-corrected chi connectivity index (χ2v) is 18.8. The number of rotatable bonds is 17. The SMILES string of the molecule is Cc1cc(Nc2nc(F)nc(Nc3ccccc3S(=O)(=O)O)n2)ccc1N=Nc1ccc(N=Nc2cc(S(=O)(=O)O)c3cc(SOOO)cc(S(=O)(=O)O)c3c2)c2cc(SOOO)ccc12. The molecule has 6 aromatic carbocycles. The molecule has 7 N–H and O–H groups in total. The summed E-state index contributed by atoms with van der Waals surface area (Å²) in [6.07, 6.45) is -1.20. The second-order valence-electron chi connectivity index (χ2n) is 13.0. The van der Waals surface area contributed by atoms with Gasteiger partial charge in [-0.3, -0.25) is 13.7 Å². The van der Waals surface area contributed by atoms with Gasteiger partial charge >= 0.3 is 6.08 Å². The number of para-hydroxylation sites is 1. The van der Waals surface area contributed by atoms with Crippen molar-refractivity contribution in [2.75, 3.05) is 10.6 Å². The molecule has 0 fully saturated rings. The van der Waals surface area contributed by atoms with Crippen LogP contribution in [-0.2, 0) is 49.1 Å². The van der Waals surface area contributed by atoms with Gasteiger partial charge in [0.2, 0.25) is 11.9 Å². The van der Waals surface area contributed by atoms with E-state index >= 15 is 0 Å². The Kier molecular flexibility index (Phi) is 14.2. The number of halogens is 1. The van der Waals surface area contributed by atoms with Gasteiger partial charge in [0.1, 0.15) is 14.7 Å². The van der Waals surface area contributed by atoms with Crippen molar-refractivity contribution in [3.8, 4) is 0 Å². The maximum Gasteiger partial charge on any atom is 0.315 e. The zero-order valence-electron chi connectivity index (χ0n) is 32.6. The van der Waals surface area contributed by atoms with Gasteiger partial charge in [0.05, 0.1) is 52.5 Å². The number of fused-ring (bicyclic) bond motifs is 2. The summed E-state index contributed by atoms with van der Waals surface area (Å²) in [5.74, 6) is -0.619. The number of anilines is 4. The molecule has 0 atom stereocenters. The van der Waals surface area contributed by atoms with E-state index in [-0.39, 0.29) is 56.7 Å². The summed E-state index contributed by atoms with van der Waals surface area (Å²) >= 11 is 0.876. The first kappa shape index (κ1) is 47.7. The van der Waals surface area contributed by atoms with Crippen LogP contribution in [0.25, 0.3) is 21.5 Å². The Morgan fingerprint density at radius 1 is 0.561 bits per heavy atom. The van der Waals surface area contributed by atoms with Crippen LogP contribution in [0.3, 0.4) is 0 Å². The Balaban J connectivity index is 1.20. The first-order valence-corrected chi connectivity index (χ1v) is 23.5. The largest absolute Gasteiger partial charge is 0.324 e. The van der Waals surface area contributed by atoms with Crippen molar-refractivity contribution in [3.05, 3.63) is 109 Å². The van der Waals surface area contributed by atoms with Crippen LogP contribution in [0.1, 0.15) is 5.56 Å². The summed E-state index contributed by atoms with van der Waals surface area (Å²) in [4.78, 5) is 9.36. The van der Waals surface area contributed by atoms with Crippen LogP contribution in [-0.4, -0.2) is 64.4 Å². The molecule has 30 heteroatoms. The molecule has 0 bridgehead atoms. The van der Waals surface area contributed by atoms with Gasteiger partial charge < -0.3 is 10.6 Å². The van der Waals surface area contributed by atoms with E-state index in [1.165, 1.54) is 30.3 Å². The summed E-state index contributed by atoms with van der Waals surface area (Å²) in [6.45, 7) is 1.71. The third-order valence-corrected chi connectivity index (χ3v) is 12.6. The van der Waals surface area contributed by atoms with Gasteiger partial charge in [0.25, 0.3) is 30.4 Å². The maximum atomic E-state index is 14.5. The van der Waals surface area contributed by atoms with Crippen molar-refractivity contribution in [1.82, 2.24) is 15.0 Å². The van der Waals surface area contributed by atoms with Crippen LogP contribution < -0.4 is 10.6 Å². The Bertz CT molecular complexity index is 3450. The highest BCUT2D eigenvalue weighted by Gasteiger charge is 2.24. The number of aromatic nitrogens is 3. The highest BCUT2D eigenvalue weighted by Crippen LogP contribution is 2.41. The number of hydrogen-bond donors (Lipinski definition) is 7. The molecule has 66 heavy (non-hydrogen) atoms. The normalized spacial score (nSPS) is 12.5. The molecule has 1 aromatic heterocycles. The van der Waals surface area contributed by atoms with Crippen molar-refractivity contribution >= 4 is 122 Å². The van der Waals surface area contributed by atoms with Crippen LogP contribution in [0.4, 0.5) is 50.4 Å². The maximum absolute atomic E-state index is 14.5. The minimum absolute atomic E-state index is 0.116. The van der Waals surface area contributed by atoms with E-state index in [9.17, 15) is 43.3 Å². The van der Waals surface area contributed by atoms with E-state index in [0.717, 1.165) is 30.3 Å². The molecular formula is C36H26FN9O15S5. The van der Waals surface area contributed by atoms with Crippen molar-refractivity contribution in [3.63, 3.8) is 0 Å². The lowest BCUT2D eigenvalue weighted by atomic mass is 10.1. The van der Waals surface area contributed by atoms with Crippen molar-refractivity contribution in [2.24, 2.45) is 20.5 Å². The fraction of sp³-hybridized carbons (Fsp3) is 0.0278. The van der Waals surface area contributed by atoms with Gasteiger partial charge in [-0.2, -0.15) is 54.8 Å². The lowest BCUT2D eigenvalue weighted by Gasteiger charge is -2.11. The number of nitrogens with zero attached hydrogens (tertiary/aromatic N) is 7. The van der Waals surface area contributed by atoms with Gasteiger partial charge in [-0.15, -0.1) is 18.9 Å². The van der Waals surface area contributed by atoms with E-state index in [0.29, 0.717) is 50.3 Å². The summed E-state index contributed by atoms with van der Waals surface area (Å²) < 4.78 is 127. The summed E-state index contributed by atoms with van der Waals surface area (Å²) in [7, 11) is -14.8.